The van der Waals surface area contributed by atoms with E-state index in [2.05, 4.69) is 37.9 Å². The van der Waals surface area contributed by atoms with Gasteiger partial charge in [0.25, 0.3) is 0 Å². The monoisotopic (exact) mass is 183 g/mol. The lowest BCUT2D eigenvalue weighted by molar-refractivity contribution is 0.312. The Kier molecular flexibility index (Phi) is 6.06. The number of rotatable bonds is 2. The largest absolute Gasteiger partial charge is 0.306 e. The van der Waals surface area contributed by atoms with Crippen LogP contribution in [-0.4, -0.2) is 25.0 Å². The number of allylic oxidation sites excluding steroid dienone is 2. The van der Waals surface area contributed by atoms with Gasteiger partial charge >= 0.3 is 0 Å². The van der Waals surface area contributed by atoms with Crippen LogP contribution in [0.2, 0.25) is 0 Å². The van der Waals surface area contributed by atoms with Gasteiger partial charge in [-0.05, 0) is 38.8 Å². The van der Waals surface area contributed by atoms with E-state index in [1.807, 2.05) is 13.8 Å². The highest BCUT2D eigenvalue weighted by Gasteiger charge is 2.30. The van der Waals surface area contributed by atoms with Crippen molar-refractivity contribution < 1.29 is 0 Å². The van der Waals surface area contributed by atoms with Crippen LogP contribution >= 0.6 is 0 Å². The van der Waals surface area contributed by atoms with E-state index in [0.29, 0.717) is 5.41 Å². The average Bonchev–Trinajstić information content (AvgIpc) is 2.47. The average molecular weight is 183 g/mol. The molecule has 0 aromatic heterocycles. The molecule has 1 fully saturated rings. The van der Waals surface area contributed by atoms with E-state index in [1.165, 1.54) is 25.9 Å². The molecule has 1 aliphatic rings. The van der Waals surface area contributed by atoms with Gasteiger partial charge in [-0.3, -0.25) is 0 Å². The number of likely N-dealkylation sites (tertiary alicyclic amines) is 1. The summed E-state index contributed by atoms with van der Waals surface area (Å²) in [5, 5.41) is 0. The van der Waals surface area contributed by atoms with Crippen LogP contribution in [-0.2, 0) is 0 Å². The van der Waals surface area contributed by atoms with Crippen LogP contribution in [0, 0.1) is 5.41 Å². The predicted molar refractivity (Wildman–Crippen MR) is 61.0 cm³/mol. The first-order valence-electron chi connectivity index (χ1n) is 5.46. The lowest BCUT2D eigenvalue weighted by Crippen LogP contribution is -2.20. The minimum absolute atomic E-state index is 0.557. The SMILES string of the molecule is C/C=C\CC1(C)CCN(C)C1.CC. The lowest BCUT2D eigenvalue weighted by atomic mass is 9.86. The van der Waals surface area contributed by atoms with Crippen LogP contribution in [0.4, 0.5) is 0 Å². The fourth-order valence-corrected chi connectivity index (χ4v) is 1.84. The Hall–Kier alpha value is -0.300. The van der Waals surface area contributed by atoms with Crippen LogP contribution < -0.4 is 0 Å². The van der Waals surface area contributed by atoms with Gasteiger partial charge in [0.15, 0.2) is 0 Å². The second-order valence-electron chi connectivity index (χ2n) is 4.07. The zero-order chi connectivity index (χ0) is 10.3. The summed E-state index contributed by atoms with van der Waals surface area (Å²) in [6, 6.07) is 0. The van der Waals surface area contributed by atoms with Gasteiger partial charge in [-0.15, -0.1) is 0 Å². The number of nitrogens with zero attached hydrogens (tertiary/aromatic N) is 1. The zero-order valence-electron chi connectivity index (χ0n) is 9.93. The van der Waals surface area contributed by atoms with E-state index < -0.39 is 0 Å². The highest BCUT2D eigenvalue weighted by Crippen LogP contribution is 2.32. The summed E-state index contributed by atoms with van der Waals surface area (Å²) in [5.74, 6) is 0. The van der Waals surface area contributed by atoms with Gasteiger partial charge in [-0.2, -0.15) is 0 Å². The fraction of sp³-hybridized carbons (Fsp3) is 0.833. The molecule has 0 radical (unpaired) electrons. The molecule has 1 nitrogen and oxygen atoms in total. The molecule has 1 aliphatic heterocycles. The molecule has 0 amide bonds. The van der Waals surface area contributed by atoms with E-state index >= 15 is 0 Å². The lowest BCUT2D eigenvalue weighted by Gasteiger charge is -2.21. The third-order valence-corrected chi connectivity index (χ3v) is 2.60. The van der Waals surface area contributed by atoms with Crippen molar-refractivity contribution in [1.29, 1.82) is 0 Å². The first-order valence-corrected chi connectivity index (χ1v) is 5.46. The standard InChI is InChI=1S/C10H19N.C2H6/c1-4-5-6-10(2)7-8-11(3)9-10;1-2/h4-5H,6-9H2,1-3H3;1-2H3/b5-4-;. The molecule has 1 saturated heterocycles. The molecule has 0 spiro atoms. The maximum absolute atomic E-state index is 2.42. The minimum atomic E-state index is 0.557. The quantitative estimate of drug-likeness (QED) is 0.594. The van der Waals surface area contributed by atoms with Crippen molar-refractivity contribution in [3.05, 3.63) is 12.2 Å². The topological polar surface area (TPSA) is 3.24 Å². The van der Waals surface area contributed by atoms with Gasteiger partial charge in [0.1, 0.15) is 0 Å². The second-order valence-corrected chi connectivity index (χ2v) is 4.07. The summed E-state index contributed by atoms with van der Waals surface area (Å²) in [4.78, 5) is 2.42. The van der Waals surface area contributed by atoms with E-state index in [4.69, 9.17) is 0 Å². The second kappa shape index (κ2) is 6.20. The normalized spacial score (nSPS) is 29.0. The van der Waals surface area contributed by atoms with Crippen LogP contribution in [0.15, 0.2) is 12.2 Å². The highest BCUT2D eigenvalue weighted by atomic mass is 15.1. The smallest absolute Gasteiger partial charge is 0.00357 e. The highest BCUT2D eigenvalue weighted by molar-refractivity contribution is 4.92. The van der Waals surface area contributed by atoms with Crippen molar-refractivity contribution in [2.75, 3.05) is 20.1 Å². The molecule has 0 saturated carbocycles. The molecule has 0 bridgehead atoms. The Morgan fingerprint density at radius 2 is 2.00 bits per heavy atom. The first kappa shape index (κ1) is 12.7. The third kappa shape index (κ3) is 4.47. The summed E-state index contributed by atoms with van der Waals surface area (Å²) in [6.45, 7) is 11.0. The van der Waals surface area contributed by atoms with E-state index in [-0.39, 0.29) is 0 Å². The number of hydrogen-bond donors (Lipinski definition) is 0. The van der Waals surface area contributed by atoms with Crippen molar-refractivity contribution in [3.63, 3.8) is 0 Å². The summed E-state index contributed by atoms with van der Waals surface area (Å²) in [7, 11) is 2.21. The molecule has 1 atom stereocenters. The van der Waals surface area contributed by atoms with Crippen LogP contribution in [0.5, 0.6) is 0 Å². The van der Waals surface area contributed by atoms with Gasteiger partial charge in [-0.25, -0.2) is 0 Å². The van der Waals surface area contributed by atoms with Gasteiger partial charge in [0.05, 0.1) is 0 Å². The van der Waals surface area contributed by atoms with E-state index in [9.17, 15) is 0 Å². The van der Waals surface area contributed by atoms with Crippen LogP contribution in [0.3, 0.4) is 0 Å². The molecule has 13 heavy (non-hydrogen) atoms. The van der Waals surface area contributed by atoms with Gasteiger partial charge in [0.2, 0.25) is 0 Å². The summed E-state index contributed by atoms with van der Waals surface area (Å²) >= 11 is 0. The van der Waals surface area contributed by atoms with Crippen LogP contribution in [0.25, 0.3) is 0 Å². The van der Waals surface area contributed by atoms with Crippen molar-refractivity contribution in [2.45, 2.75) is 40.5 Å². The van der Waals surface area contributed by atoms with Crippen LogP contribution in [0.1, 0.15) is 40.5 Å². The Morgan fingerprint density at radius 1 is 1.38 bits per heavy atom. The van der Waals surface area contributed by atoms with Crippen molar-refractivity contribution in [1.82, 2.24) is 4.90 Å². The molecule has 0 aromatic carbocycles. The molecular formula is C12H25N. The van der Waals surface area contributed by atoms with E-state index in [0.717, 1.165) is 0 Å². The number of hydrogen-bond acceptors (Lipinski definition) is 1. The maximum Gasteiger partial charge on any atom is 0.00357 e. The minimum Gasteiger partial charge on any atom is -0.306 e. The Balaban J connectivity index is 0.000000671. The Labute approximate surface area is 83.8 Å². The summed E-state index contributed by atoms with van der Waals surface area (Å²) in [5.41, 5.74) is 0.557. The van der Waals surface area contributed by atoms with Crippen molar-refractivity contribution in [2.24, 2.45) is 5.41 Å². The summed E-state index contributed by atoms with van der Waals surface area (Å²) < 4.78 is 0. The van der Waals surface area contributed by atoms with E-state index in [1.54, 1.807) is 0 Å². The third-order valence-electron chi connectivity index (χ3n) is 2.60. The molecule has 1 rings (SSSR count). The Morgan fingerprint density at radius 3 is 2.38 bits per heavy atom. The molecule has 1 heteroatoms. The molecular weight excluding hydrogens is 158 g/mol. The Bertz CT molecular complexity index is 151. The zero-order valence-corrected chi connectivity index (χ0v) is 9.93. The first-order chi connectivity index (χ1) is 6.16. The summed E-state index contributed by atoms with van der Waals surface area (Å²) in [6.07, 6.45) is 7.05. The van der Waals surface area contributed by atoms with Gasteiger partial charge in [-0.1, -0.05) is 32.9 Å². The van der Waals surface area contributed by atoms with Crippen molar-refractivity contribution >= 4 is 0 Å². The molecule has 78 valence electrons. The molecule has 0 aliphatic carbocycles. The molecule has 0 aromatic rings. The predicted octanol–water partition coefficient (Wildman–Crippen LogP) is 3.32. The fourth-order valence-electron chi connectivity index (χ4n) is 1.84. The molecule has 0 N–H and O–H groups in total. The molecule has 1 unspecified atom stereocenters. The maximum atomic E-state index is 2.42. The van der Waals surface area contributed by atoms with Gasteiger partial charge in [0, 0.05) is 6.54 Å². The van der Waals surface area contributed by atoms with Crippen molar-refractivity contribution in [3.8, 4) is 0 Å². The molecule has 1 heterocycles. The van der Waals surface area contributed by atoms with Gasteiger partial charge < -0.3 is 4.90 Å².